The summed E-state index contributed by atoms with van der Waals surface area (Å²) < 4.78 is 11.1. The molecule has 3 rings (SSSR count). The van der Waals surface area contributed by atoms with Crippen LogP contribution in [0.3, 0.4) is 0 Å². The van der Waals surface area contributed by atoms with Gasteiger partial charge in [-0.15, -0.1) is 0 Å². The van der Waals surface area contributed by atoms with Gasteiger partial charge in [0.2, 0.25) is 29.5 Å². The summed E-state index contributed by atoms with van der Waals surface area (Å²) in [6.07, 6.45) is -0.171. The van der Waals surface area contributed by atoms with Crippen LogP contribution in [0, 0.1) is 5.92 Å². The minimum Gasteiger partial charge on any atom is -0.489 e. The molecule has 16 nitrogen and oxygen atoms in total. The van der Waals surface area contributed by atoms with Crippen LogP contribution in [0.5, 0.6) is 5.75 Å². The van der Waals surface area contributed by atoms with Crippen LogP contribution in [-0.2, 0) is 53.1 Å². The Hall–Kier alpha value is -6.45. The van der Waals surface area contributed by atoms with E-state index in [1.54, 1.807) is 24.3 Å². The van der Waals surface area contributed by atoms with Crippen molar-refractivity contribution >= 4 is 41.6 Å². The summed E-state index contributed by atoms with van der Waals surface area (Å²) in [7, 11) is 1.38. The number of aliphatic carboxylic acids is 1. The minimum absolute atomic E-state index is 0.0592. The maximum absolute atomic E-state index is 14.3. The Morgan fingerprint density at radius 2 is 1.32 bits per heavy atom. The molecular weight excluding hydrogens is 761 g/mol. The van der Waals surface area contributed by atoms with Crippen molar-refractivity contribution in [3.8, 4) is 5.75 Å². The smallest absolute Gasteiger partial charge is 0.407 e. The van der Waals surface area contributed by atoms with Gasteiger partial charge in [0, 0.05) is 26.9 Å². The van der Waals surface area contributed by atoms with Gasteiger partial charge in [0.15, 0.2) is 0 Å². The van der Waals surface area contributed by atoms with E-state index in [-0.39, 0.29) is 38.3 Å². The Kier molecular flexibility index (Phi) is 19.4. The number of unbranched alkanes of at least 4 members (excludes halogenated alkanes) is 1. The summed E-state index contributed by atoms with van der Waals surface area (Å²) in [5.41, 5.74) is 7.84. The second kappa shape index (κ2) is 24.4. The Balaban J connectivity index is 1.73. The number of carbonyl (C=O) groups is 7. The number of benzene rings is 3. The van der Waals surface area contributed by atoms with Gasteiger partial charge >= 0.3 is 12.1 Å². The summed E-state index contributed by atoms with van der Waals surface area (Å²) in [4.78, 5) is 90.8. The van der Waals surface area contributed by atoms with Crippen molar-refractivity contribution in [2.24, 2.45) is 11.7 Å². The number of nitrogens with one attached hydrogen (secondary N) is 4. The number of rotatable bonds is 24. The Morgan fingerprint density at radius 1 is 0.729 bits per heavy atom. The first-order valence-corrected chi connectivity index (χ1v) is 19.5. The predicted octanol–water partition coefficient (Wildman–Crippen LogP) is 3.21. The molecule has 0 bridgehead atoms. The van der Waals surface area contributed by atoms with Crippen LogP contribution in [0.2, 0.25) is 0 Å². The first kappa shape index (κ1) is 46.9. The van der Waals surface area contributed by atoms with E-state index in [1.807, 2.05) is 74.5 Å². The Morgan fingerprint density at radius 3 is 1.88 bits per heavy atom. The van der Waals surface area contributed by atoms with E-state index in [2.05, 4.69) is 21.3 Å². The molecular formula is C43H56N6O10. The van der Waals surface area contributed by atoms with Gasteiger partial charge in [0.1, 0.15) is 43.1 Å². The third-order valence-electron chi connectivity index (χ3n) is 9.17. The first-order chi connectivity index (χ1) is 28.1. The number of hydrogen-bond donors (Lipinski definition) is 6. The maximum atomic E-state index is 14.3. The SMILES string of the molecule is CC(=O)N[C@@H](CCCCNC(=O)OCc1ccccc1)C(=O)N[C@@H](CC(C)C)C(=O)N(C)[C@@H](Cc1ccc(OCc2ccccc2)cc1)C(=O)N[C@@H](CC(=O)O)C(N)=O. The number of primary amides is 1. The molecule has 3 aromatic rings. The van der Waals surface area contributed by atoms with Gasteiger partial charge < -0.3 is 46.5 Å². The van der Waals surface area contributed by atoms with Crippen LogP contribution >= 0.6 is 0 Å². The average molecular weight is 817 g/mol. The van der Waals surface area contributed by atoms with Crippen molar-refractivity contribution in [1.29, 1.82) is 0 Å². The van der Waals surface area contributed by atoms with Crippen molar-refractivity contribution in [3.63, 3.8) is 0 Å². The fourth-order valence-electron chi connectivity index (χ4n) is 6.07. The lowest BCUT2D eigenvalue weighted by atomic mass is 9.98. The van der Waals surface area contributed by atoms with Crippen molar-refractivity contribution < 1.29 is 48.1 Å². The zero-order chi connectivity index (χ0) is 43.3. The largest absolute Gasteiger partial charge is 0.489 e. The number of carboxylic acids is 1. The number of carboxylic acid groups (broad SMARTS) is 1. The highest BCUT2D eigenvalue weighted by Gasteiger charge is 2.35. The van der Waals surface area contributed by atoms with Gasteiger partial charge in [0.05, 0.1) is 6.42 Å². The van der Waals surface area contributed by atoms with Crippen molar-refractivity contribution in [3.05, 3.63) is 102 Å². The lowest BCUT2D eigenvalue weighted by molar-refractivity contribution is -0.144. The van der Waals surface area contributed by atoms with Crippen molar-refractivity contribution in [2.75, 3.05) is 13.6 Å². The molecule has 4 atom stereocenters. The Bertz CT molecular complexity index is 1840. The van der Waals surface area contributed by atoms with Gasteiger partial charge in [-0.2, -0.15) is 0 Å². The Labute approximate surface area is 344 Å². The van der Waals surface area contributed by atoms with Gasteiger partial charge in [-0.05, 0) is 60.4 Å². The summed E-state index contributed by atoms with van der Waals surface area (Å²) >= 11 is 0. The maximum Gasteiger partial charge on any atom is 0.407 e. The van der Waals surface area contributed by atoms with E-state index in [9.17, 15) is 38.7 Å². The fourth-order valence-corrected chi connectivity index (χ4v) is 6.07. The molecule has 0 fully saturated rings. The van der Waals surface area contributed by atoms with Crippen LogP contribution < -0.4 is 31.7 Å². The number of likely N-dealkylation sites (N-methyl/N-ethyl adjacent to an activating group) is 1. The molecule has 0 spiro atoms. The number of alkyl carbamates (subject to hydrolysis) is 1. The van der Waals surface area contributed by atoms with Gasteiger partial charge in [-0.1, -0.05) is 86.6 Å². The number of hydrogen-bond acceptors (Lipinski definition) is 9. The lowest BCUT2D eigenvalue weighted by Crippen LogP contribution is -2.59. The van der Waals surface area contributed by atoms with Crippen molar-refractivity contribution in [2.45, 2.75) is 96.7 Å². The van der Waals surface area contributed by atoms with E-state index < -0.39 is 72.2 Å². The molecule has 3 aromatic carbocycles. The minimum atomic E-state index is -1.56. The molecule has 7 N–H and O–H groups in total. The predicted molar refractivity (Wildman–Crippen MR) is 218 cm³/mol. The topological polar surface area (TPSA) is 236 Å². The van der Waals surface area contributed by atoms with Gasteiger partial charge in [-0.25, -0.2) is 4.79 Å². The summed E-state index contributed by atoms with van der Waals surface area (Å²) in [6, 6.07) is 20.7. The van der Waals surface area contributed by atoms with Gasteiger partial charge in [0.25, 0.3) is 0 Å². The summed E-state index contributed by atoms with van der Waals surface area (Å²) in [5.74, 6) is -4.53. The molecule has 0 unspecified atom stereocenters. The molecule has 6 amide bonds. The zero-order valence-corrected chi connectivity index (χ0v) is 34.0. The molecule has 0 radical (unpaired) electrons. The zero-order valence-electron chi connectivity index (χ0n) is 34.0. The molecule has 318 valence electrons. The number of nitrogens with two attached hydrogens (primary N) is 1. The summed E-state index contributed by atoms with van der Waals surface area (Å²) in [6.45, 7) is 5.68. The molecule has 16 heteroatoms. The first-order valence-electron chi connectivity index (χ1n) is 19.5. The van der Waals surface area contributed by atoms with E-state index in [0.717, 1.165) is 16.0 Å². The van der Waals surface area contributed by atoms with E-state index >= 15 is 0 Å². The fraction of sp³-hybridized carbons (Fsp3) is 0.419. The van der Waals surface area contributed by atoms with E-state index in [1.165, 1.54) is 14.0 Å². The van der Waals surface area contributed by atoms with Crippen LogP contribution in [0.25, 0.3) is 0 Å². The van der Waals surface area contributed by atoms with Crippen LogP contribution in [0.1, 0.15) is 69.6 Å². The highest BCUT2D eigenvalue weighted by molar-refractivity contribution is 5.96. The molecule has 0 saturated carbocycles. The third kappa shape index (κ3) is 17.3. The molecule has 0 aliphatic heterocycles. The molecule has 0 aliphatic carbocycles. The molecule has 0 aliphatic rings. The van der Waals surface area contributed by atoms with E-state index in [0.29, 0.717) is 30.8 Å². The molecule has 59 heavy (non-hydrogen) atoms. The standard InChI is InChI=1S/C43H56N6O10/c1-28(2)23-36(48-40(54)34(46-29(3)50)17-11-12-22-45-43(57)59-27-32-15-9-6-10-16-32)42(56)49(4)37(41(55)47-35(39(44)53)25-38(51)52)24-30-18-20-33(21-19-30)58-26-31-13-7-5-8-14-31/h5-10,13-16,18-21,28,34-37H,11-12,17,22-27H2,1-4H3,(H2,44,53)(H,45,57)(H,46,50)(H,47,55)(H,48,54)(H,51,52)/t34-,35-,36-,37-/m0/s1. The molecule has 0 saturated heterocycles. The lowest BCUT2D eigenvalue weighted by Gasteiger charge is -2.33. The summed E-state index contributed by atoms with van der Waals surface area (Å²) in [5, 5.41) is 19.8. The number of carbonyl (C=O) groups excluding carboxylic acids is 6. The number of nitrogens with zero attached hydrogens (tertiary/aromatic N) is 1. The van der Waals surface area contributed by atoms with Crippen molar-refractivity contribution in [1.82, 2.24) is 26.2 Å². The normalized spacial score (nSPS) is 12.8. The average Bonchev–Trinajstić information content (AvgIpc) is 3.20. The van der Waals surface area contributed by atoms with Crippen LogP contribution in [0.15, 0.2) is 84.9 Å². The third-order valence-corrected chi connectivity index (χ3v) is 9.17. The second-order valence-corrected chi connectivity index (χ2v) is 14.6. The quantitative estimate of drug-likeness (QED) is 0.0723. The van der Waals surface area contributed by atoms with Gasteiger partial charge in [-0.3, -0.25) is 28.8 Å². The monoisotopic (exact) mass is 816 g/mol. The highest BCUT2D eigenvalue weighted by atomic mass is 16.5. The molecule has 0 heterocycles. The van der Waals surface area contributed by atoms with Crippen LogP contribution in [-0.4, -0.2) is 89.4 Å². The van der Waals surface area contributed by atoms with Crippen LogP contribution in [0.4, 0.5) is 4.79 Å². The van der Waals surface area contributed by atoms with E-state index in [4.69, 9.17) is 15.2 Å². The number of ether oxygens (including phenoxy) is 2. The second-order valence-electron chi connectivity index (χ2n) is 14.6. The molecule has 0 aromatic heterocycles. The highest BCUT2D eigenvalue weighted by Crippen LogP contribution is 2.19. The number of amides is 6.